The molecule has 1 unspecified atom stereocenters. The Balaban J connectivity index is 2.33. The standard InChI is InChI=1S/C13H18BrNO3/c1-10(13(17)15-8-2-3-9-16)18-12-6-4-11(14)5-7-12/h4-7,10,16H,2-3,8-9H2,1H3,(H,15,17). The summed E-state index contributed by atoms with van der Waals surface area (Å²) in [5.41, 5.74) is 0. The molecule has 1 aromatic rings. The third kappa shape index (κ3) is 5.51. The van der Waals surface area contributed by atoms with Crippen LogP contribution in [0.2, 0.25) is 0 Å². The molecule has 0 saturated heterocycles. The Morgan fingerprint density at radius 2 is 2.06 bits per heavy atom. The Labute approximate surface area is 115 Å². The van der Waals surface area contributed by atoms with E-state index in [2.05, 4.69) is 21.2 Å². The number of carbonyl (C=O) groups is 1. The fourth-order valence-electron chi connectivity index (χ4n) is 1.36. The number of carbonyl (C=O) groups excluding carboxylic acids is 1. The fourth-order valence-corrected chi connectivity index (χ4v) is 1.63. The first kappa shape index (κ1) is 15.0. The third-order valence-electron chi connectivity index (χ3n) is 2.38. The van der Waals surface area contributed by atoms with Gasteiger partial charge in [0.05, 0.1) is 0 Å². The van der Waals surface area contributed by atoms with E-state index in [4.69, 9.17) is 9.84 Å². The molecule has 1 amide bonds. The second-order valence-corrected chi connectivity index (χ2v) is 4.85. The molecule has 0 spiro atoms. The van der Waals surface area contributed by atoms with Gasteiger partial charge in [0.15, 0.2) is 6.10 Å². The van der Waals surface area contributed by atoms with Crippen molar-refractivity contribution in [1.82, 2.24) is 5.32 Å². The van der Waals surface area contributed by atoms with Gasteiger partial charge in [-0.3, -0.25) is 4.79 Å². The van der Waals surface area contributed by atoms with Gasteiger partial charge in [0.25, 0.3) is 5.91 Å². The molecule has 0 heterocycles. The molecular formula is C13H18BrNO3. The molecule has 0 aliphatic carbocycles. The van der Waals surface area contributed by atoms with Crippen LogP contribution in [0, 0.1) is 0 Å². The number of aliphatic hydroxyl groups excluding tert-OH is 1. The van der Waals surface area contributed by atoms with Gasteiger partial charge >= 0.3 is 0 Å². The molecule has 0 aliphatic rings. The summed E-state index contributed by atoms with van der Waals surface area (Å²) >= 11 is 3.33. The molecule has 0 saturated carbocycles. The van der Waals surface area contributed by atoms with Gasteiger partial charge in [0, 0.05) is 17.6 Å². The molecule has 0 aromatic heterocycles. The average Bonchev–Trinajstić information content (AvgIpc) is 2.37. The lowest BCUT2D eigenvalue weighted by Crippen LogP contribution is -2.36. The maximum absolute atomic E-state index is 11.7. The van der Waals surface area contributed by atoms with Gasteiger partial charge in [-0.1, -0.05) is 15.9 Å². The molecular weight excluding hydrogens is 298 g/mol. The number of ether oxygens (including phenoxy) is 1. The lowest BCUT2D eigenvalue weighted by molar-refractivity contribution is -0.127. The monoisotopic (exact) mass is 315 g/mol. The second kappa shape index (κ2) is 8.11. The lowest BCUT2D eigenvalue weighted by Gasteiger charge is -2.14. The highest BCUT2D eigenvalue weighted by molar-refractivity contribution is 9.10. The summed E-state index contributed by atoms with van der Waals surface area (Å²) in [6, 6.07) is 7.33. The number of amides is 1. The maximum Gasteiger partial charge on any atom is 0.260 e. The van der Waals surface area contributed by atoms with Gasteiger partial charge in [0.1, 0.15) is 5.75 Å². The van der Waals surface area contributed by atoms with E-state index in [0.717, 1.165) is 10.9 Å². The van der Waals surface area contributed by atoms with Crippen LogP contribution in [0.5, 0.6) is 5.75 Å². The SMILES string of the molecule is CC(Oc1ccc(Br)cc1)C(=O)NCCCCO. The van der Waals surface area contributed by atoms with Crippen molar-refractivity contribution in [1.29, 1.82) is 0 Å². The van der Waals surface area contributed by atoms with Crippen LogP contribution in [0.4, 0.5) is 0 Å². The molecule has 1 rings (SSSR count). The summed E-state index contributed by atoms with van der Waals surface area (Å²) in [4.78, 5) is 11.7. The highest BCUT2D eigenvalue weighted by atomic mass is 79.9. The number of unbranched alkanes of at least 4 members (excludes halogenated alkanes) is 1. The summed E-state index contributed by atoms with van der Waals surface area (Å²) < 4.78 is 6.47. The molecule has 0 radical (unpaired) electrons. The highest BCUT2D eigenvalue weighted by Crippen LogP contribution is 2.17. The van der Waals surface area contributed by atoms with Crippen LogP contribution in [0.3, 0.4) is 0 Å². The third-order valence-corrected chi connectivity index (χ3v) is 2.91. The van der Waals surface area contributed by atoms with Crippen LogP contribution >= 0.6 is 15.9 Å². The van der Waals surface area contributed by atoms with Crippen molar-refractivity contribution < 1.29 is 14.6 Å². The number of nitrogens with one attached hydrogen (secondary N) is 1. The second-order valence-electron chi connectivity index (χ2n) is 3.94. The Morgan fingerprint density at radius 1 is 1.39 bits per heavy atom. The van der Waals surface area contributed by atoms with Crippen molar-refractivity contribution in [3.05, 3.63) is 28.7 Å². The fraction of sp³-hybridized carbons (Fsp3) is 0.462. The van der Waals surface area contributed by atoms with Gasteiger partial charge < -0.3 is 15.2 Å². The summed E-state index contributed by atoms with van der Waals surface area (Å²) in [7, 11) is 0. The van der Waals surface area contributed by atoms with E-state index in [-0.39, 0.29) is 12.5 Å². The van der Waals surface area contributed by atoms with Gasteiger partial charge in [-0.2, -0.15) is 0 Å². The minimum absolute atomic E-state index is 0.143. The molecule has 1 aromatic carbocycles. The van der Waals surface area contributed by atoms with E-state index < -0.39 is 6.10 Å². The van der Waals surface area contributed by atoms with Crippen LogP contribution in [-0.4, -0.2) is 30.3 Å². The van der Waals surface area contributed by atoms with E-state index >= 15 is 0 Å². The molecule has 0 aliphatic heterocycles. The van der Waals surface area contributed by atoms with Gasteiger partial charge in [-0.15, -0.1) is 0 Å². The van der Waals surface area contributed by atoms with Gasteiger partial charge in [0.2, 0.25) is 0 Å². The molecule has 100 valence electrons. The quantitative estimate of drug-likeness (QED) is 0.758. The van der Waals surface area contributed by atoms with E-state index in [1.54, 1.807) is 19.1 Å². The van der Waals surface area contributed by atoms with E-state index in [1.165, 1.54) is 0 Å². The Morgan fingerprint density at radius 3 is 2.67 bits per heavy atom. The largest absolute Gasteiger partial charge is 0.481 e. The van der Waals surface area contributed by atoms with E-state index in [1.807, 2.05) is 12.1 Å². The molecule has 2 N–H and O–H groups in total. The molecule has 18 heavy (non-hydrogen) atoms. The first-order valence-electron chi connectivity index (χ1n) is 5.94. The summed E-state index contributed by atoms with van der Waals surface area (Å²) in [5, 5.41) is 11.4. The predicted molar refractivity (Wildman–Crippen MR) is 73.6 cm³/mol. The summed E-state index contributed by atoms with van der Waals surface area (Å²) in [6.07, 6.45) is 0.940. The van der Waals surface area contributed by atoms with Crippen molar-refractivity contribution in [2.24, 2.45) is 0 Å². The van der Waals surface area contributed by atoms with Gasteiger partial charge in [-0.05, 0) is 44.0 Å². The van der Waals surface area contributed by atoms with Crippen LogP contribution in [0.25, 0.3) is 0 Å². The number of aliphatic hydroxyl groups is 1. The van der Waals surface area contributed by atoms with Crippen LogP contribution in [0.1, 0.15) is 19.8 Å². The zero-order valence-electron chi connectivity index (χ0n) is 10.4. The van der Waals surface area contributed by atoms with Crippen molar-refractivity contribution in [3.8, 4) is 5.75 Å². The minimum Gasteiger partial charge on any atom is -0.481 e. The number of rotatable bonds is 7. The van der Waals surface area contributed by atoms with Crippen molar-refractivity contribution in [2.75, 3.05) is 13.2 Å². The molecule has 1 atom stereocenters. The van der Waals surface area contributed by atoms with Crippen molar-refractivity contribution in [3.63, 3.8) is 0 Å². The molecule has 0 bridgehead atoms. The van der Waals surface area contributed by atoms with E-state index in [9.17, 15) is 4.79 Å². The summed E-state index contributed by atoms with van der Waals surface area (Å²) in [6.45, 7) is 2.43. The minimum atomic E-state index is -0.527. The highest BCUT2D eigenvalue weighted by Gasteiger charge is 2.13. The molecule has 5 heteroatoms. The first-order valence-corrected chi connectivity index (χ1v) is 6.73. The average molecular weight is 316 g/mol. The lowest BCUT2D eigenvalue weighted by atomic mass is 10.3. The van der Waals surface area contributed by atoms with Crippen LogP contribution < -0.4 is 10.1 Å². The zero-order chi connectivity index (χ0) is 13.4. The van der Waals surface area contributed by atoms with E-state index in [0.29, 0.717) is 18.7 Å². The van der Waals surface area contributed by atoms with Crippen LogP contribution in [-0.2, 0) is 4.79 Å². The molecule has 0 fully saturated rings. The summed E-state index contributed by atoms with van der Waals surface area (Å²) in [5.74, 6) is 0.520. The normalized spacial score (nSPS) is 11.9. The Bertz CT molecular complexity index is 367. The van der Waals surface area contributed by atoms with Crippen molar-refractivity contribution in [2.45, 2.75) is 25.9 Å². The maximum atomic E-state index is 11.7. The number of hydrogen-bond donors (Lipinski definition) is 2. The van der Waals surface area contributed by atoms with Gasteiger partial charge in [-0.25, -0.2) is 0 Å². The smallest absolute Gasteiger partial charge is 0.260 e. The predicted octanol–water partition coefficient (Wildman–Crippen LogP) is 2.11. The number of hydrogen-bond acceptors (Lipinski definition) is 3. The number of halogens is 1. The van der Waals surface area contributed by atoms with Crippen LogP contribution in [0.15, 0.2) is 28.7 Å². The first-order chi connectivity index (χ1) is 8.63. The van der Waals surface area contributed by atoms with Crippen molar-refractivity contribution >= 4 is 21.8 Å². The number of benzene rings is 1. The Hall–Kier alpha value is -1.07. The zero-order valence-corrected chi connectivity index (χ0v) is 11.9. The Kier molecular flexibility index (Phi) is 6.75. The topological polar surface area (TPSA) is 58.6 Å². The molecule has 4 nitrogen and oxygen atoms in total.